The molecule has 3 aromatic rings. The number of nitrogens with zero attached hydrogens (tertiary/aromatic N) is 3. The number of para-hydroxylation sites is 2. The standard InChI is InChI=1S/C21H17ClF3N3O3/c1-27(11-15-12-30-17-4-2-3-5-18(17)31-15)20(29)16-10-26-28(19(16)21(23,24)25)14-8-6-13(22)7-9-14/h2-10,15H,11-12H2,1H3/t15-/m1/s1. The number of ether oxygens (including phenoxy) is 2. The van der Waals surface area contributed by atoms with E-state index >= 15 is 0 Å². The molecule has 0 radical (unpaired) electrons. The predicted molar refractivity (Wildman–Crippen MR) is 107 cm³/mol. The Bertz CT molecular complexity index is 1100. The van der Waals surface area contributed by atoms with Crippen molar-refractivity contribution in [1.82, 2.24) is 14.7 Å². The van der Waals surface area contributed by atoms with E-state index in [-0.39, 0.29) is 18.8 Å². The first-order valence-corrected chi connectivity index (χ1v) is 9.67. The third kappa shape index (κ3) is 4.32. The number of halogens is 4. The SMILES string of the molecule is CN(C[C@@H]1COc2ccccc2O1)C(=O)c1cnn(-c2ccc(Cl)cc2)c1C(F)(F)F. The van der Waals surface area contributed by atoms with Gasteiger partial charge in [-0.3, -0.25) is 4.79 Å². The Hall–Kier alpha value is -3.20. The molecule has 0 spiro atoms. The van der Waals surface area contributed by atoms with Crippen molar-refractivity contribution in [2.24, 2.45) is 0 Å². The van der Waals surface area contributed by atoms with Crippen LogP contribution in [0, 0.1) is 0 Å². The van der Waals surface area contributed by atoms with Crippen LogP contribution in [-0.2, 0) is 6.18 Å². The van der Waals surface area contributed by atoms with Crippen LogP contribution in [-0.4, -0.2) is 46.9 Å². The summed E-state index contributed by atoms with van der Waals surface area (Å²) < 4.78 is 53.6. The molecule has 1 amide bonds. The number of carbonyl (C=O) groups excluding carboxylic acids is 1. The maximum Gasteiger partial charge on any atom is 0.434 e. The summed E-state index contributed by atoms with van der Waals surface area (Å²) in [6.45, 7) is 0.210. The Labute approximate surface area is 180 Å². The lowest BCUT2D eigenvalue weighted by Gasteiger charge is -2.29. The average Bonchev–Trinajstić information content (AvgIpc) is 3.19. The van der Waals surface area contributed by atoms with E-state index in [4.69, 9.17) is 21.1 Å². The van der Waals surface area contributed by atoms with Crippen molar-refractivity contribution in [3.8, 4) is 17.2 Å². The Morgan fingerprint density at radius 1 is 1.19 bits per heavy atom. The van der Waals surface area contributed by atoms with Crippen LogP contribution in [0.3, 0.4) is 0 Å². The highest BCUT2D eigenvalue weighted by Gasteiger charge is 2.41. The molecule has 1 aliphatic heterocycles. The number of likely N-dealkylation sites (N-methyl/N-ethyl adjacent to an activating group) is 1. The third-order valence-electron chi connectivity index (χ3n) is 4.73. The van der Waals surface area contributed by atoms with Crippen molar-refractivity contribution in [3.05, 3.63) is 71.0 Å². The quantitative estimate of drug-likeness (QED) is 0.588. The first-order valence-electron chi connectivity index (χ1n) is 9.29. The van der Waals surface area contributed by atoms with E-state index in [1.807, 2.05) is 0 Å². The number of benzene rings is 2. The molecule has 0 N–H and O–H groups in total. The van der Waals surface area contributed by atoms with E-state index in [2.05, 4.69) is 5.10 Å². The molecule has 1 aliphatic rings. The summed E-state index contributed by atoms with van der Waals surface area (Å²) in [5, 5.41) is 4.18. The summed E-state index contributed by atoms with van der Waals surface area (Å²) in [5.41, 5.74) is -1.57. The minimum atomic E-state index is -4.80. The largest absolute Gasteiger partial charge is 0.486 e. The van der Waals surface area contributed by atoms with Crippen LogP contribution < -0.4 is 9.47 Å². The number of rotatable bonds is 4. The van der Waals surface area contributed by atoms with Crippen molar-refractivity contribution >= 4 is 17.5 Å². The first-order chi connectivity index (χ1) is 14.7. The topological polar surface area (TPSA) is 56.6 Å². The molecule has 162 valence electrons. The summed E-state index contributed by atoms with van der Waals surface area (Å²) in [5.74, 6) is 0.275. The van der Waals surface area contributed by atoms with Gasteiger partial charge in [-0.1, -0.05) is 23.7 Å². The predicted octanol–water partition coefficient (Wildman–Crippen LogP) is 4.46. The molecule has 1 aromatic heterocycles. The van der Waals surface area contributed by atoms with E-state index in [1.54, 1.807) is 24.3 Å². The first kappa shape index (κ1) is 21.0. The molecular formula is C21H17ClF3N3O3. The number of amides is 1. The molecule has 4 rings (SSSR count). The Balaban J connectivity index is 1.57. The molecule has 0 fully saturated rings. The van der Waals surface area contributed by atoms with Gasteiger partial charge in [0.05, 0.1) is 24.0 Å². The Morgan fingerprint density at radius 2 is 1.87 bits per heavy atom. The summed E-state index contributed by atoms with van der Waals surface area (Å²) in [6, 6.07) is 12.7. The number of aromatic nitrogens is 2. The second kappa shape index (κ2) is 8.14. The highest BCUT2D eigenvalue weighted by molar-refractivity contribution is 6.30. The molecule has 0 bridgehead atoms. The smallest absolute Gasteiger partial charge is 0.434 e. The van der Waals surface area contributed by atoms with E-state index in [0.29, 0.717) is 21.2 Å². The molecule has 2 aromatic carbocycles. The fourth-order valence-electron chi connectivity index (χ4n) is 3.30. The summed E-state index contributed by atoms with van der Waals surface area (Å²) in [4.78, 5) is 14.1. The van der Waals surface area contributed by atoms with Crippen LogP contribution in [0.4, 0.5) is 13.2 Å². The number of fused-ring (bicyclic) bond motifs is 1. The van der Waals surface area contributed by atoms with Crippen LogP contribution in [0.2, 0.25) is 5.02 Å². The molecular weight excluding hydrogens is 435 g/mol. The summed E-state index contributed by atoms with van der Waals surface area (Å²) >= 11 is 5.82. The van der Waals surface area contributed by atoms with Gasteiger partial charge in [0.15, 0.2) is 23.3 Å². The van der Waals surface area contributed by atoms with Gasteiger partial charge in [-0.2, -0.15) is 18.3 Å². The van der Waals surface area contributed by atoms with Gasteiger partial charge in [-0.15, -0.1) is 0 Å². The fraction of sp³-hybridized carbons (Fsp3) is 0.238. The minimum Gasteiger partial charge on any atom is -0.486 e. The van der Waals surface area contributed by atoms with Crippen molar-refractivity contribution < 1.29 is 27.4 Å². The van der Waals surface area contributed by atoms with Gasteiger partial charge in [0.2, 0.25) is 0 Å². The van der Waals surface area contributed by atoms with Crippen molar-refractivity contribution in [1.29, 1.82) is 0 Å². The second-order valence-corrected chi connectivity index (χ2v) is 7.41. The maximum atomic E-state index is 13.9. The number of carbonyl (C=O) groups is 1. The highest BCUT2D eigenvalue weighted by Crippen LogP contribution is 2.35. The lowest BCUT2D eigenvalue weighted by molar-refractivity contribution is -0.143. The monoisotopic (exact) mass is 451 g/mol. The molecule has 0 saturated heterocycles. The second-order valence-electron chi connectivity index (χ2n) is 6.98. The van der Waals surface area contributed by atoms with Crippen LogP contribution in [0.15, 0.2) is 54.7 Å². The van der Waals surface area contributed by atoms with Gasteiger partial charge in [0.25, 0.3) is 5.91 Å². The van der Waals surface area contributed by atoms with Crippen LogP contribution in [0.1, 0.15) is 16.1 Å². The lowest BCUT2D eigenvalue weighted by Crippen LogP contribution is -2.42. The molecule has 10 heteroatoms. The Morgan fingerprint density at radius 3 is 2.55 bits per heavy atom. The van der Waals surface area contributed by atoms with Crippen molar-refractivity contribution in [3.63, 3.8) is 0 Å². The molecule has 31 heavy (non-hydrogen) atoms. The van der Waals surface area contributed by atoms with Crippen LogP contribution in [0.5, 0.6) is 11.5 Å². The van der Waals surface area contributed by atoms with Gasteiger partial charge in [-0.05, 0) is 36.4 Å². The molecule has 6 nitrogen and oxygen atoms in total. The number of hydrogen-bond donors (Lipinski definition) is 0. The van der Waals surface area contributed by atoms with Crippen LogP contribution >= 0.6 is 11.6 Å². The average molecular weight is 452 g/mol. The molecule has 2 heterocycles. The van der Waals surface area contributed by atoms with Gasteiger partial charge >= 0.3 is 6.18 Å². The Kier molecular flexibility index (Phi) is 5.53. The summed E-state index contributed by atoms with van der Waals surface area (Å²) in [7, 11) is 1.41. The van der Waals surface area contributed by atoms with E-state index in [1.165, 1.54) is 36.2 Å². The lowest BCUT2D eigenvalue weighted by atomic mass is 10.2. The van der Waals surface area contributed by atoms with Crippen molar-refractivity contribution in [2.75, 3.05) is 20.2 Å². The van der Waals surface area contributed by atoms with Gasteiger partial charge in [0, 0.05) is 12.1 Å². The van der Waals surface area contributed by atoms with Crippen molar-refractivity contribution in [2.45, 2.75) is 12.3 Å². The van der Waals surface area contributed by atoms with E-state index in [9.17, 15) is 18.0 Å². The fourth-order valence-corrected chi connectivity index (χ4v) is 3.43. The van der Waals surface area contributed by atoms with Gasteiger partial charge < -0.3 is 14.4 Å². The maximum absolute atomic E-state index is 13.9. The number of alkyl halides is 3. The third-order valence-corrected chi connectivity index (χ3v) is 4.98. The molecule has 0 unspecified atom stereocenters. The van der Waals surface area contributed by atoms with E-state index in [0.717, 1.165) is 6.20 Å². The zero-order valence-corrected chi connectivity index (χ0v) is 17.0. The minimum absolute atomic E-state index is 0.0383. The highest BCUT2D eigenvalue weighted by atomic mass is 35.5. The molecule has 0 aliphatic carbocycles. The molecule has 0 saturated carbocycles. The van der Waals surface area contributed by atoms with Crippen LogP contribution in [0.25, 0.3) is 5.69 Å². The zero-order valence-electron chi connectivity index (χ0n) is 16.3. The summed E-state index contributed by atoms with van der Waals surface area (Å²) in [6.07, 6.45) is -4.40. The zero-order chi connectivity index (χ0) is 22.2. The van der Waals surface area contributed by atoms with E-state index < -0.39 is 29.4 Å². The molecule has 1 atom stereocenters. The van der Waals surface area contributed by atoms with Gasteiger partial charge in [0.1, 0.15) is 6.61 Å². The van der Waals surface area contributed by atoms with Gasteiger partial charge in [-0.25, -0.2) is 4.68 Å². The number of hydrogen-bond acceptors (Lipinski definition) is 4. The normalized spacial score (nSPS) is 15.6.